The molecule has 0 nitrogen and oxygen atoms in total. The highest BCUT2D eigenvalue weighted by Crippen LogP contribution is 2.44. The molecule has 3 aromatic rings. The lowest BCUT2D eigenvalue weighted by Crippen LogP contribution is -1.95. The molecule has 0 aromatic heterocycles. The van der Waals surface area contributed by atoms with Crippen molar-refractivity contribution >= 4 is 32.8 Å². The zero-order chi connectivity index (χ0) is 17.4. The summed E-state index contributed by atoms with van der Waals surface area (Å²) in [6.07, 6.45) is 6.68. The summed E-state index contributed by atoms with van der Waals surface area (Å²) in [5.74, 6) is 0.763. The fourth-order valence-corrected chi connectivity index (χ4v) is 4.08. The van der Waals surface area contributed by atoms with Crippen molar-refractivity contribution in [2.75, 3.05) is 0 Å². The zero-order valence-electron chi connectivity index (χ0n) is 14.7. The molecule has 0 radical (unpaired) electrons. The molecule has 0 bridgehead atoms. The molecule has 0 atom stereocenters. The third-order valence-corrected chi connectivity index (χ3v) is 5.75. The van der Waals surface area contributed by atoms with Crippen molar-refractivity contribution in [3.8, 4) is 0 Å². The van der Waals surface area contributed by atoms with Crippen molar-refractivity contribution in [1.29, 1.82) is 0 Å². The van der Waals surface area contributed by atoms with Gasteiger partial charge in [-0.25, -0.2) is 0 Å². The zero-order valence-corrected chi connectivity index (χ0v) is 16.3. The van der Waals surface area contributed by atoms with Crippen LogP contribution in [0.2, 0.25) is 0 Å². The second kappa shape index (κ2) is 6.80. The molecule has 0 N–H and O–H groups in total. The minimum Gasteiger partial charge on any atom is -0.0985 e. The standard InChI is InChI=1S/C24H23Br/c1-3-16-5-10-23-21(11-16)13-17(14-24(23)19-6-7-19)12-20-8-9-22(25)15-18(20)4-2/h4-5,8-11,13-15,19H,2-3,6-7,12H2,1H3. The Balaban J connectivity index is 1.80. The predicted octanol–water partition coefficient (Wildman–Crippen LogP) is 7.28. The Morgan fingerprint density at radius 2 is 1.84 bits per heavy atom. The lowest BCUT2D eigenvalue weighted by Gasteiger charge is -2.13. The molecular weight excluding hydrogens is 368 g/mol. The van der Waals surface area contributed by atoms with Crippen molar-refractivity contribution in [2.45, 2.75) is 38.5 Å². The molecule has 0 unspecified atom stereocenters. The van der Waals surface area contributed by atoms with E-state index in [2.05, 4.69) is 78.0 Å². The summed E-state index contributed by atoms with van der Waals surface area (Å²) in [5.41, 5.74) is 6.93. The van der Waals surface area contributed by atoms with Crippen LogP contribution in [0, 0.1) is 0 Å². The highest BCUT2D eigenvalue weighted by Gasteiger charge is 2.25. The first-order valence-corrected chi connectivity index (χ1v) is 9.93. The smallest absolute Gasteiger partial charge is 0.0181 e. The van der Waals surface area contributed by atoms with E-state index in [-0.39, 0.29) is 0 Å². The van der Waals surface area contributed by atoms with Gasteiger partial charge in [0.2, 0.25) is 0 Å². The van der Waals surface area contributed by atoms with E-state index >= 15 is 0 Å². The number of aryl methyl sites for hydroxylation is 1. The summed E-state index contributed by atoms with van der Waals surface area (Å²) in [6.45, 7) is 6.21. The summed E-state index contributed by atoms with van der Waals surface area (Å²) in [4.78, 5) is 0. The molecule has 1 aliphatic carbocycles. The van der Waals surface area contributed by atoms with Crippen molar-refractivity contribution in [3.05, 3.63) is 87.4 Å². The van der Waals surface area contributed by atoms with Gasteiger partial charge in [0.05, 0.1) is 0 Å². The van der Waals surface area contributed by atoms with Crippen LogP contribution < -0.4 is 0 Å². The van der Waals surface area contributed by atoms with E-state index in [9.17, 15) is 0 Å². The lowest BCUT2D eigenvalue weighted by atomic mass is 9.92. The van der Waals surface area contributed by atoms with Crippen LogP contribution in [0.1, 0.15) is 53.5 Å². The third kappa shape index (κ3) is 3.43. The van der Waals surface area contributed by atoms with Crippen LogP contribution in [-0.4, -0.2) is 0 Å². The average molecular weight is 391 g/mol. The summed E-state index contributed by atoms with van der Waals surface area (Å²) in [5, 5.41) is 2.85. The summed E-state index contributed by atoms with van der Waals surface area (Å²) >= 11 is 3.56. The van der Waals surface area contributed by atoms with Gasteiger partial charge in [-0.1, -0.05) is 71.9 Å². The Morgan fingerprint density at radius 1 is 1.04 bits per heavy atom. The van der Waals surface area contributed by atoms with E-state index < -0.39 is 0 Å². The van der Waals surface area contributed by atoms with Gasteiger partial charge in [0, 0.05) is 4.47 Å². The van der Waals surface area contributed by atoms with Crippen LogP contribution in [0.4, 0.5) is 0 Å². The predicted molar refractivity (Wildman–Crippen MR) is 112 cm³/mol. The largest absolute Gasteiger partial charge is 0.0985 e. The number of rotatable bonds is 5. The molecule has 4 rings (SSSR count). The summed E-state index contributed by atoms with van der Waals surface area (Å²) in [6, 6.07) is 18.3. The second-order valence-electron chi connectivity index (χ2n) is 7.09. The Bertz CT molecular complexity index is 948. The Hall–Kier alpha value is -1.86. The maximum Gasteiger partial charge on any atom is 0.0181 e. The van der Waals surface area contributed by atoms with Crippen molar-refractivity contribution in [3.63, 3.8) is 0 Å². The van der Waals surface area contributed by atoms with Gasteiger partial charge in [-0.15, -0.1) is 0 Å². The quantitative estimate of drug-likeness (QED) is 0.429. The Labute approximate surface area is 158 Å². The van der Waals surface area contributed by atoms with Crippen molar-refractivity contribution in [1.82, 2.24) is 0 Å². The number of fused-ring (bicyclic) bond motifs is 1. The van der Waals surface area contributed by atoms with Gasteiger partial charge in [0.15, 0.2) is 0 Å². The molecule has 1 saturated carbocycles. The molecule has 25 heavy (non-hydrogen) atoms. The normalized spacial score (nSPS) is 14.0. The molecule has 126 valence electrons. The maximum atomic E-state index is 3.98. The fraction of sp³-hybridized carbons (Fsp3) is 0.250. The van der Waals surface area contributed by atoms with E-state index in [0.29, 0.717) is 0 Å². The van der Waals surface area contributed by atoms with E-state index in [4.69, 9.17) is 0 Å². The van der Waals surface area contributed by atoms with Gasteiger partial charge in [-0.3, -0.25) is 0 Å². The number of hydrogen-bond donors (Lipinski definition) is 0. The van der Waals surface area contributed by atoms with Crippen LogP contribution >= 0.6 is 15.9 Å². The minimum atomic E-state index is 0.763. The molecular formula is C24H23Br. The number of hydrogen-bond acceptors (Lipinski definition) is 0. The van der Waals surface area contributed by atoms with E-state index in [1.54, 1.807) is 5.56 Å². The lowest BCUT2D eigenvalue weighted by molar-refractivity contribution is 1.11. The first kappa shape index (κ1) is 16.6. The monoisotopic (exact) mass is 390 g/mol. The van der Waals surface area contributed by atoms with Crippen molar-refractivity contribution in [2.24, 2.45) is 0 Å². The summed E-state index contributed by atoms with van der Waals surface area (Å²) < 4.78 is 1.11. The van der Waals surface area contributed by atoms with E-state index in [1.807, 2.05) is 6.08 Å². The highest BCUT2D eigenvalue weighted by atomic mass is 79.9. The van der Waals surface area contributed by atoms with Gasteiger partial charge < -0.3 is 0 Å². The van der Waals surface area contributed by atoms with Crippen LogP contribution in [0.25, 0.3) is 16.8 Å². The van der Waals surface area contributed by atoms with Gasteiger partial charge in [0.1, 0.15) is 0 Å². The Kier molecular flexibility index (Phi) is 4.52. The summed E-state index contributed by atoms with van der Waals surface area (Å²) in [7, 11) is 0. The average Bonchev–Trinajstić information content (AvgIpc) is 3.47. The molecule has 0 spiro atoms. The van der Waals surface area contributed by atoms with E-state index in [0.717, 1.165) is 23.2 Å². The van der Waals surface area contributed by atoms with Crippen LogP contribution in [0.5, 0.6) is 0 Å². The molecule has 3 aromatic carbocycles. The van der Waals surface area contributed by atoms with Gasteiger partial charge in [0.25, 0.3) is 0 Å². The van der Waals surface area contributed by atoms with Gasteiger partial charge in [-0.2, -0.15) is 0 Å². The maximum absolute atomic E-state index is 3.98. The molecule has 0 aliphatic heterocycles. The minimum absolute atomic E-state index is 0.763. The molecule has 1 fully saturated rings. The molecule has 0 saturated heterocycles. The molecule has 1 aliphatic rings. The highest BCUT2D eigenvalue weighted by molar-refractivity contribution is 9.10. The van der Waals surface area contributed by atoms with Gasteiger partial charge in [-0.05, 0) is 82.3 Å². The molecule has 0 amide bonds. The van der Waals surface area contributed by atoms with Crippen LogP contribution in [0.15, 0.2) is 59.6 Å². The molecule has 0 heterocycles. The number of halogens is 1. The van der Waals surface area contributed by atoms with Gasteiger partial charge >= 0.3 is 0 Å². The number of benzene rings is 3. The Morgan fingerprint density at radius 3 is 2.56 bits per heavy atom. The third-order valence-electron chi connectivity index (χ3n) is 5.26. The molecule has 1 heteroatoms. The fourth-order valence-electron chi connectivity index (χ4n) is 3.70. The van der Waals surface area contributed by atoms with Crippen LogP contribution in [-0.2, 0) is 12.8 Å². The van der Waals surface area contributed by atoms with E-state index in [1.165, 1.54) is 45.9 Å². The SMILES string of the molecule is C=Cc1cc(Br)ccc1Cc1cc(C2CC2)c2ccc(CC)cc2c1. The van der Waals surface area contributed by atoms with Crippen molar-refractivity contribution < 1.29 is 0 Å². The van der Waals surface area contributed by atoms with Crippen LogP contribution in [0.3, 0.4) is 0 Å². The second-order valence-corrected chi connectivity index (χ2v) is 8.01. The first-order chi connectivity index (χ1) is 12.2. The topological polar surface area (TPSA) is 0 Å². The first-order valence-electron chi connectivity index (χ1n) is 9.14.